The summed E-state index contributed by atoms with van der Waals surface area (Å²) in [6.07, 6.45) is 1.46. The number of carbonyl (C=O) groups excluding carboxylic acids is 1. The number of aromatic nitrogens is 2. The first-order valence-corrected chi connectivity index (χ1v) is 5.84. The van der Waals surface area contributed by atoms with E-state index in [4.69, 9.17) is 5.26 Å². The molecule has 1 amide bonds. The van der Waals surface area contributed by atoms with Crippen molar-refractivity contribution in [2.45, 2.75) is 26.8 Å². The quantitative estimate of drug-likeness (QED) is 0.828. The molecule has 0 unspecified atom stereocenters. The van der Waals surface area contributed by atoms with E-state index in [0.29, 0.717) is 17.9 Å². The Morgan fingerprint density at radius 1 is 1.61 bits per heavy atom. The zero-order chi connectivity index (χ0) is 13.5. The number of carbonyl (C=O) groups is 1. The van der Waals surface area contributed by atoms with Crippen molar-refractivity contribution in [1.29, 1.82) is 5.26 Å². The highest BCUT2D eigenvalue weighted by Gasteiger charge is 2.15. The Balaban J connectivity index is 2.84. The van der Waals surface area contributed by atoms with Crippen LogP contribution in [0.1, 0.15) is 26.3 Å². The topological polar surface area (TPSA) is 81.9 Å². The number of hydrogen-bond donors (Lipinski definition) is 1. The molecule has 0 fully saturated rings. The Hall–Kier alpha value is -2.16. The molecule has 96 valence electrons. The maximum Gasteiger partial charge on any atom is 0.239 e. The van der Waals surface area contributed by atoms with Crippen molar-refractivity contribution >= 4 is 11.7 Å². The first-order valence-electron chi connectivity index (χ1n) is 5.84. The fourth-order valence-corrected chi connectivity index (χ4v) is 1.52. The van der Waals surface area contributed by atoms with Crippen molar-refractivity contribution in [3.8, 4) is 6.07 Å². The van der Waals surface area contributed by atoms with Crippen molar-refractivity contribution in [3.05, 3.63) is 17.8 Å². The van der Waals surface area contributed by atoms with E-state index in [1.807, 2.05) is 26.8 Å². The van der Waals surface area contributed by atoms with Gasteiger partial charge in [0.05, 0.1) is 18.3 Å². The largest absolute Gasteiger partial charge is 0.352 e. The number of nitrogens with zero attached hydrogens (tertiary/aromatic N) is 4. The normalized spacial score (nSPS) is 9.94. The molecule has 0 aliphatic carbocycles. The van der Waals surface area contributed by atoms with Gasteiger partial charge >= 0.3 is 0 Å². The second-order valence-electron chi connectivity index (χ2n) is 4.12. The summed E-state index contributed by atoms with van der Waals surface area (Å²) in [6.45, 7) is 6.45. The molecular formula is C12H17N5O. The maximum absolute atomic E-state index is 11.7. The van der Waals surface area contributed by atoms with Crippen molar-refractivity contribution in [3.63, 3.8) is 0 Å². The van der Waals surface area contributed by atoms with Crippen molar-refractivity contribution in [1.82, 2.24) is 15.5 Å². The lowest BCUT2D eigenvalue weighted by Crippen LogP contribution is -2.40. The minimum Gasteiger partial charge on any atom is -0.352 e. The van der Waals surface area contributed by atoms with Gasteiger partial charge < -0.3 is 10.2 Å². The first-order chi connectivity index (χ1) is 8.58. The van der Waals surface area contributed by atoms with E-state index in [0.717, 1.165) is 0 Å². The summed E-state index contributed by atoms with van der Waals surface area (Å²) in [7, 11) is 0. The van der Waals surface area contributed by atoms with Crippen LogP contribution >= 0.6 is 0 Å². The minimum absolute atomic E-state index is 0.0912. The van der Waals surface area contributed by atoms with Crippen molar-refractivity contribution in [2.24, 2.45) is 0 Å². The van der Waals surface area contributed by atoms with Gasteiger partial charge in [0.1, 0.15) is 6.07 Å². The molecule has 6 nitrogen and oxygen atoms in total. The summed E-state index contributed by atoms with van der Waals surface area (Å²) in [6, 6.07) is 3.73. The summed E-state index contributed by atoms with van der Waals surface area (Å²) in [5.74, 6) is 0.350. The number of anilines is 1. The molecule has 0 saturated carbocycles. The van der Waals surface area contributed by atoms with Crippen LogP contribution in [0.5, 0.6) is 0 Å². The highest BCUT2D eigenvalue weighted by molar-refractivity contribution is 5.81. The van der Waals surface area contributed by atoms with Gasteiger partial charge in [-0.05, 0) is 26.8 Å². The third-order valence-electron chi connectivity index (χ3n) is 2.29. The minimum atomic E-state index is -0.0959. The van der Waals surface area contributed by atoms with E-state index in [1.165, 1.54) is 6.20 Å². The number of amides is 1. The van der Waals surface area contributed by atoms with E-state index in [1.54, 1.807) is 11.0 Å². The number of likely N-dealkylation sites (N-methyl/N-ethyl adjacent to an activating group) is 1. The summed E-state index contributed by atoms with van der Waals surface area (Å²) in [5.41, 5.74) is 0.421. The summed E-state index contributed by atoms with van der Waals surface area (Å²) in [5, 5.41) is 19.5. The van der Waals surface area contributed by atoms with Crippen LogP contribution in [0, 0.1) is 11.3 Å². The predicted octanol–water partition coefficient (Wildman–Crippen LogP) is 0.699. The Kier molecular flexibility index (Phi) is 5.06. The molecule has 0 atom stereocenters. The number of hydrogen-bond acceptors (Lipinski definition) is 5. The predicted molar refractivity (Wildman–Crippen MR) is 67.9 cm³/mol. The summed E-state index contributed by atoms with van der Waals surface area (Å²) in [4.78, 5) is 13.4. The van der Waals surface area contributed by atoms with Crippen LogP contribution in [0.4, 0.5) is 5.82 Å². The van der Waals surface area contributed by atoms with E-state index in [-0.39, 0.29) is 18.5 Å². The molecule has 0 saturated heterocycles. The molecule has 0 aliphatic rings. The second-order valence-corrected chi connectivity index (χ2v) is 4.12. The SMILES string of the molecule is CCN(CC(=O)NC(C)C)c1nnccc1C#N. The molecule has 0 aromatic carbocycles. The number of nitriles is 1. The van der Waals surface area contributed by atoms with Crippen LogP contribution in [-0.2, 0) is 4.79 Å². The van der Waals surface area contributed by atoms with Gasteiger partial charge in [-0.1, -0.05) is 0 Å². The molecule has 0 radical (unpaired) electrons. The van der Waals surface area contributed by atoms with Gasteiger partial charge in [-0.2, -0.15) is 10.4 Å². The lowest BCUT2D eigenvalue weighted by Gasteiger charge is -2.22. The highest BCUT2D eigenvalue weighted by Crippen LogP contribution is 2.14. The fraction of sp³-hybridized carbons (Fsp3) is 0.500. The zero-order valence-corrected chi connectivity index (χ0v) is 10.8. The molecule has 18 heavy (non-hydrogen) atoms. The molecule has 1 heterocycles. The van der Waals surface area contributed by atoms with Crippen molar-refractivity contribution < 1.29 is 4.79 Å². The average Bonchev–Trinajstić information content (AvgIpc) is 2.35. The third kappa shape index (κ3) is 3.70. The van der Waals surface area contributed by atoms with Crippen LogP contribution in [-0.4, -0.2) is 35.2 Å². The van der Waals surface area contributed by atoms with Gasteiger partial charge in [-0.25, -0.2) is 0 Å². The lowest BCUT2D eigenvalue weighted by molar-refractivity contribution is -0.120. The van der Waals surface area contributed by atoms with Crippen LogP contribution in [0.2, 0.25) is 0 Å². The van der Waals surface area contributed by atoms with Crippen LogP contribution in [0.25, 0.3) is 0 Å². The monoisotopic (exact) mass is 247 g/mol. The molecule has 0 bridgehead atoms. The van der Waals surface area contributed by atoms with Crippen LogP contribution in [0.3, 0.4) is 0 Å². The maximum atomic E-state index is 11.7. The van der Waals surface area contributed by atoms with Crippen LogP contribution < -0.4 is 10.2 Å². The van der Waals surface area contributed by atoms with E-state index >= 15 is 0 Å². The number of nitrogens with one attached hydrogen (secondary N) is 1. The third-order valence-corrected chi connectivity index (χ3v) is 2.29. The molecule has 0 spiro atoms. The Morgan fingerprint density at radius 3 is 2.89 bits per heavy atom. The number of rotatable bonds is 5. The Morgan fingerprint density at radius 2 is 2.33 bits per heavy atom. The molecular weight excluding hydrogens is 230 g/mol. The van der Waals surface area contributed by atoms with Gasteiger partial charge in [0, 0.05) is 12.6 Å². The highest BCUT2D eigenvalue weighted by atomic mass is 16.2. The van der Waals surface area contributed by atoms with E-state index in [9.17, 15) is 4.79 Å². The first kappa shape index (κ1) is 13.9. The molecule has 1 rings (SSSR count). The lowest BCUT2D eigenvalue weighted by atomic mass is 10.3. The van der Waals surface area contributed by atoms with Gasteiger partial charge in [0.15, 0.2) is 5.82 Å². The van der Waals surface area contributed by atoms with E-state index < -0.39 is 0 Å². The van der Waals surface area contributed by atoms with Gasteiger partial charge in [-0.3, -0.25) is 4.79 Å². The average molecular weight is 247 g/mol. The van der Waals surface area contributed by atoms with Gasteiger partial charge in [0.2, 0.25) is 5.91 Å². The second kappa shape index (κ2) is 6.55. The van der Waals surface area contributed by atoms with Crippen molar-refractivity contribution in [2.75, 3.05) is 18.0 Å². The molecule has 1 aromatic heterocycles. The molecule has 6 heteroatoms. The van der Waals surface area contributed by atoms with Gasteiger partial charge in [-0.15, -0.1) is 5.10 Å². The van der Waals surface area contributed by atoms with E-state index in [2.05, 4.69) is 15.5 Å². The molecule has 1 N–H and O–H groups in total. The van der Waals surface area contributed by atoms with Crippen LogP contribution in [0.15, 0.2) is 12.3 Å². The summed E-state index contributed by atoms with van der Waals surface area (Å²) >= 11 is 0. The fourth-order valence-electron chi connectivity index (χ4n) is 1.52. The Bertz CT molecular complexity index is 452. The zero-order valence-electron chi connectivity index (χ0n) is 10.8. The van der Waals surface area contributed by atoms with Gasteiger partial charge in [0.25, 0.3) is 0 Å². The standard InChI is InChI=1S/C12H17N5O/c1-4-17(8-11(18)15-9(2)3)12-10(7-13)5-6-14-16-12/h5-6,9H,4,8H2,1-3H3,(H,15,18). The molecule has 0 aliphatic heterocycles. The summed E-state index contributed by atoms with van der Waals surface area (Å²) < 4.78 is 0. The smallest absolute Gasteiger partial charge is 0.239 e. The molecule has 1 aromatic rings. The Labute approximate surface area is 107 Å².